The molecule has 1 aliphatic rings. The summed E-state index contributed by atoms with van der Waals surface area (Å²) in [4.78, 5) is 36.2. The number of hydrogen-bond acceptors (Lipinski definition) is 8. The van der Waals surface area contributed by atoms with E-state index in [1.165, 1.54) is 35.0 Å². The third-order valence-electron chi connectivity index (χ3n) is 8.00. The van der Waals surface area contributed by atoms with Crippen LogP contribution in [0.15, 0.2) is 90.9 Å². The zero-order valence-corrected chi connectivity index (χ0v) is 28.0. The zero-order chi connectivity index (χ0) is 33.4. The molecule has 0 N–H and O–H groups in total. The van der Waals surface area contributed by atoms with E-state index in [1.54, 1.807) is 0 Å². The molecule has 0 aromatic heterocycles. The second kappa shape index (κ2) is 18.7. The highest BCUT2D eigenvalue weighted by molar-refractivity contribution is 8.14. The molecule has 1 aliphatic carbocycles. The second-order valence-electron chi connectivity index (χ2n) is 11.4. The van der Waals surface area contributed by atoms with Gasteiger partial charge in [0.2, 0.25) is 5.12 Å². The minimum absolute atomic E-state index is 0.00582. The van der Waals surface area contributed by atoms with Gasteiger partial charge >= 0.3 is 11.9 Å². The second-order valence-corrected chi connectivity index (χ2v) is 12.4. The topological polar surface area (TPSA) is 88.1 Å². The van der Waals surface area contributed by atoms with Crippen LogP contribution in [0.5, 0.6) is 11.5 Å². The Morgan fingerprint density at radius 3 is 1.70 bits per heavy atom. The van der Waals surface area contributed by atoms with Gasteiger partial charge in [-0.15, -0.1) is 0 Å². The van der Waals surface area contributed by atoms with Gasteiger partial charge in [0.25, 0.3) is 0 Å². The van der Waals surface area contributed by atoms with E-state index in [-0.39, 0.29) is 23.0 Å². The van der Waals surface area contributed by atoms with E-state index in [4.69, 9.17) is 18.9 Å². The lowest BCUT2D eigenvalue weighted by molar-refractivity contribution is -0.138. The van der Waals surface area contributed by atoms with Crippen molar-refractivity contribution < 1.29 is 33.3 Å². The van der Waals surface area contributed by atoms with E-state index < -0.39 is 0 Å². The molecule has 0 aliphatic heterocycles. The fourth-order valence-corrected chi connectivity index (χ4v) is 6.15. The Hall–Kier alpha value is -4.30. The lowest BCUT2D eigenvalue weighted by Crippen LogP contribution is -2.02. The number of unbranched alkanes of at least 4 members (excludes halogenated alkanes) is 6. The summed E-state index contributed by atoms with van der Waals surface area (Å²) in [5, 5.41) is 0.00582. The van der Waals surface area contributed by atoms with Gasteiger partial charge in [-0.05, 0) is 134 Å². The lowest BCUT2D eigenvalue weighted by Gasteiger charge is -2.11. The number of esters is 2. The molecule has 7 nitrogen and oxygen atoms in total. The van der Waals surface area contributed by atoms with E-state index in [9.17, 15) is 14.4 Å². The van der Waals surface area contributed by atoms with Gasteiger partial charge < -0.3 is 18.9 Å². The third kappa shape index (κ3) is 10.9. The molecule has 0 amide bonds. The maximum absolute atomic E-state index is 13.2. The molecule has 0 heterocycles. The van der Waals surface area contributed by atoms with Crippen LogP contribution in [-0.4, -0.2) is 43.5 Å². The van der Waals surface area contributed by atoms with Gasteiger partial charge in [-0.1, -0.05) is 32.2 Å². The Morgan fingerprint density at radius 1 is 0.638 bits per heavy atom. The molecule has 1 atom stereocenters. The van der Waals surface area contributed by atoms with Gasteiger partial charge in [-0.3, -0.25) is 4.79 Å². The van der Waals surface area contributed by atoms with Crippen molar-refractivity contribution in [3.63, 3.8) is 0 Å². The average Bonchev–Trinajstić information content (AvgIpc) is 3.37. The number of benzene rings is 3. The molecular weight excluding hydrogens is 612 g/mol. The van der Waals surface area contributed by atoms with Crippen LogP contribution in [0.25, 0.3) is 11.1 Å². The highest BCUT2D eigenvalue weighted by Gasteiger charge is 2.27. The molecule has 3 aromatic rings. The zero-order valence-electron chi connectivity index (χ0n) is 27.2. The molecular formula is C39H44O7S. The molecule has 0 saturated carbocycles. The van der Waals surface area contributed by atoms with Gasteiger partial charge in [0.1, 0.15) is 11.5 Å². The molecule has 248 valence electrons. The van der Waals surface area contributed by atoms with Gasteiger partial charge in [-0.2, -0.15) is 0 Å². The Labute approximate surface area is 282 Å². The summed E-state index contributed by atoms with van der Waals surface area (Å²) in [7, 11) is 0. The highest BCUT2D eigenvalue weighted by atomic mass is 32.2. The predicted octanol–water partition coefficient (Wildman–Crippen LogP) is 9.09. The van der Waals surface area contributed by atoms with Gasteiger partial charge in [0, 0.05) is 28.5 Å². The highest BCUT2D eigenvalue weighted by Crippen LogP contribution is 2.46. The molecule has 8 heteroatoms. The summed E-state index contributed by atoms with van der Waals surface area (Å²) < 4.78 is 21.9. The number of carbonyl (C=O) groups is 3. The van der Waals surface area contributed by atoms with Crippen LogP contribution in [0, 0.1) is 0 Å². The minimum Gasteiger partial charge on any atom is -0.494 e. The van der Waals surface area contributed by atoms with E-state index in [0.717, 1.165) is 78.9 Å². The maximum Gasteiger partial charge on any atom is 0.330 e. The van der Waals surface area contributed by atoms with Crippen LogP contribution < -0.4 is 9.47 Å². The van der Waals surface area contributed by atoms with Crippen LogP contribution in [0.1, 0.15) is 85.7 Å². The average molecular weight is 657 g/mol. The van der Waals surface area contributed by atoms with Crippen LogP contribution in [0.3, 0.4) is 0 Å². The number of hydrogen-bond donors (Lipinski definition) is 0. The molecule has 0 bridgehead atoms. The Morgan fingerprint density at radius 2 is 1.13 bits per heavy atom. The summed E-state index contributed by atoms with van der Waals surface area (Å²) in [6.07, 6.45) is 9.81. The van der Waals surface area contributed by atoms with Crippen LogP contribution >= 0.6 is 11.8 Å². The minimum atomic E-state index is -0.381. The molecule has 0 fully saturated rings. The maximum atomic E-state index is 13.2. The summed E-state index contributed by atoms with van der Waals surface area (Å²) >= 11 is 1.22. The summed E-state index contributed by atoms with van der Waals surface area (Å²) in [5.74, 6) is 1.03. The fraction of sp³-hybridized carbons (Fsp3) is 0.359. The van der Waals surface area contributed by atoms with Crippen LogP contribution in [0.4, 0.5) is 0 Å². The molecule has 3 aromatic carbocycles. The molecule has 47 heavy (non-hydrogen) atoms. The van der Waals surface area contributed by atoms with Crippen molar-refractivity contribution in [2.75, 3.05) is 26.4 Å². The Kier molecular flexibility index (Phi) is 14.2. The van der Waals surface area contributed by atoms with Crippen molar-refractivity contribution in [2.24, 2.45) is 0 Å². The summed E-state index contributed by atoms with van der Waals surface area (Å²) in [6.45, 7) is 11.0. The number of rotatable bonds is 20. The van der Waals surface area contributed by atoms with Gasteiger partial charge in [0.05, 0.1) is 26.4 Å². The first-order chi connectivity index (χ1) is 22.9. The van der Waals surface area contributed by atoms with Crippen molar-refractivity contribution >= 4 is 28.8 Å². The van der Waals surface area contributed by atoms with E-state index in [0.29, 0.717) is 32.0 Å². The molecule has 0 radical (unpaired) electrons. The van der Waals surface area contributed by atoms with Crippen molar-refractivity contribution in [3.8, 4) is 22.6 Å². The van der Waals surface area contributed by atoms with Gasteiger partial charge in [-0.25, -0.2) is 9.59 Å². The number of thioether (sulfide) groups is 1. The first-order valence-corrected chi connectivity index (χ1v) is 17.2. The normalized spacial score (nSPS) is 12.8. The summed E-state index contributed by atoms with van der Waals surface area (Å²) in [6, 6.07) is 19.9. The molecule has 0 spiro atoms. The smallest absolute Gasteiger partial charge is 0.330 e. The largest absolute Gasteiger partial charge is 0.494 e. The van der Waals surface area contributed by atoms with Crippen LogP contribution in [-0.2, 0) is 19.1 Å². The third-order valence-corrected chi connectivity index (χ3v) is 8.93. The monoisotopic (exact) mass is 656 g/mol. The number of ether oxygens (including phenoxy) is 4. The Balaban J connectivity index is 1.19. The molecule has 4 rings (SSSR count). The first-order valence-electron chi connectivity index (χ1n) is 16.3. The molecule has 0 unspecified atom stereocenters. The number of carbonyl (C=O) groups excluding carboxylic acids is 3. The number of fused-ring (bicyclic) bond motifs is 3. The van der Waals surface area contributed by atoms with Crippen molar-refractivity contribution in [3.05, 3.63) is 103 Å². The Bertz CT molecular complexity index is 1530. The van der Waals surface area contributed by atoms with E-state index in [1.807, 2.05) is 42.5 Å². The first kappa shape index (κ1) is 35.6. The quantitative estimate of drug-likeness (QED) is 0.0515. The molecule has 0 saturated heterocycles. The SMILES string of the molecule is C=CC(=O)OCCCCCCOc1ccc(SC(=O)c2ccc3c(c2)[C@H](C)c2cc(OCCCCCCOC(=O)C=C)ccc2-3)cc1. The van der Waals surface area contributed by atoms with Crippen LogP contribution in [0.2, 0.25) is 0 Å². The van der Waals surface area contributed by atoms with Crippen molar-refractivity contribution in [1.82, 2.24) is 0 Å². The van der Waals surface area contributed by atoms with Crippen molar-refractivity contribution in [1.29, 1.82) is 0 Å². The van der Waals surface area contributed by atoms with E-state index >= 15 is 0 Å². The summed E-state index contributed by atoms with van der Waals surface area (Å²) in [5.41, 5.74) is 5.40. The standard InChI is InChI=1S/C39H44O7S/c1-4-37(40)45-24-12-8-6-10-22-43-30-15-18-32(19-16-30)47-39(42)29-14-20-33-34-21-17-31(27-36(34)28(3)35(33)26-29)44-23-11-7-9-13-25-46-38(41)5-2/h4-5,14-21,26-28H,1-2,6-13,22-25H2,3H3/t28-/m0/s1. The van der Waals surface area contributed by atoms with Crippen molar-refractivity contribution in [2.45, 2.75) is 69.1 Å². The predicted molar refractivity (Wildman–Crippen MR) is 186 cm³/mol. The van der Waals surface area contributed by atoms with E-state index in [2.05, 4.69) is 38.3 Å². The van der Waals surface area contributed by atoms with Gasteiger partial charge in [0.15, 0.2) is 0 Å². The lowest BCUT2D eigenvalue weighted by atomic mass is 9.98. The fourth-order valence-electron chi connectivity index (χ4n) is 5.42.